The number of carbonyl (C=O) groups is 2. The zero-order valence-electron chi connectivity index (χ0n) is 8.96. The third-order valence-corrected chi connectivity index (χ3v) is 3.46. The molecule has 0 radical (unpaired) electrons. The molecule has 0 saturated carbocycles. The number of fused-ring (bicyclic) bond motifs is 1. The van der Waals surface area contributed by atoms with Gasteiger partial charge >= 0.3 is 5.97 Å². The Morgan fingerprint density at radius 3 is 2.12 bits per heavy atom. The molecule has 0 saturated heterocycles. The molecule has 3 aliphatic rings. The monoisotopic (exact) mass is 226 g/mol. The zero-order chi connectivity index (χ0) is 12.0. The number of hydrogen-bond acceptors (Lipinski definition) is 2. The molecule has 3 heteroatoms. The predicted octanol–water partition coefficient (Wildman–Crippen LogP) is 1.80. The van der Waals surface area contributed by atoms with Crippen LogP contribution < -0.4 is 0 Å². The van der Waals surface area contributed by atoms with Crippen molar-refractivity contribution < 1.29 is 14.7 Å². The van der Waals surface area contributed by atoms with E-state index in [1.54, 1.807) is 12.2 Å². The van der Waals surface area contributed by atoms with E-state index in [9.17, 15) is 14.7 Å². The molecule has 0 aliphatic heterocycles. The van der Waals surface area contributed by atoms with Crippen LogP contribution in [-0.4, -0.2) is 16.9 Å². The van der Waals surface area contributed by atoms with E-state index >= 15 is 0 Å². The summed E-state index contributed by atoms with van der Waals surface area (Å²) in [4.78, 5) is 23.7. The summed E-state index contributed by atoms with van der Waals surface area (Å²) in [6.45, 7) is 0. The molecule has 3 rings (SSSR count). The van der Waals surface area contributed by atoms with Crippen molar-refractivity contribution in [1.82, 2.24) is 0 Å². The Bertz CT molecular complexity index is 536. The van der Waals surface area contributed by atoms with Crippen LogP contribution in [0.2, 0.25) is 0 Å². The molecular weight excluding hydrogens is 216 g/mol. The molecule has 2 bridgehead atoms. The second kappa shape index (κ2) is 3.17. The van der Waals surface area contributed by atoms with Gasteiger partial charge in [-0.1, -0.05) is 48.6 Å². The van der Waals surface area contributed by atoms with Crippen molar-refractivity contribution in [3.05, 3.63) is 59.8 Å². The third-order valence-electron chi connectivity index (χ3n) is 3.46. The highest BCUT2D eigenvalue weighted by molar-refractivity contribution is 6.13. The third kappa shape index (κ3) is 1.16. The Hall–Kier alpha value is -2.16. The van der Waals surface area contributed by atoms with E-state index < -0.39 is 17.3 Å². The number of Topliss-reactive ketones (excluding diaryl/α,β-unsaturated/α-hetero) is 1. The Morgan fingerprint density at radius 1 is 1.12 bits per heavy atom. The fourth-order valence-electron chi connectivity index (χ4n) is 2.49. The van der Waals surface area contributed by atoms with Gasteiger partial charge in [-0.3, -0.25) is 9.59 Å². The van der Waals surface area contributed by atoms with Crippen LogP contribution >= 0.6 is 0 Å². The van der Waals surface area contributed by atoms with Gasteiger partial charge in [0.1, 0.15) is 0 Å². The fraction of sp³-hybridized carbons (Fsp3) is 0.143. The highest BCUT2D eigenvalue weighted by Crippen LogP contribution is 2.43. The largest absolute Gasteiger partial charge is 0.480 e. The number of hydrogen-bond donors (Lipinski definition) is 1. The maximum absolute atomic E-state index is 12.3. The minimum Gasteiger partial charge on any atom is -0.480 e. The van der Waals surface area contributed by atoms with Gasteiger partial charge in [-0.25, -0.2) is 0 Å². The number of aliphatic carboxylic acids is 1. The van der Waals surface area contributed by atoms with Gasteiger partial charge in [0.25, 0.3) is 0 Å². The molecule has 0 unspecified atom stereocenters. The van der Waals surface area contributed by atoms with Gasteiger partial charge in [0, 0.05) is 0 Å². The molecule has 0 fully saturated rings. The van der Waals surface area contributed by atoms with E-state index in [2.05, 4.69) is 0 Å². The number of carbonyl (C=O) groups excluding carboxylic acids is 1. The van der Waals surface area contributed by atoms with Crippen LogP contribution in [0.5, 0.6) is 0 Å². The van der Waals surface area contributed by atoms with Crippen molar-refractivity contribution in [1.29, 1.82) is 0 Å². The summed E-state index contributed by atoms with van der Waals surface area (Å²) < 4.78 is 0. The van der Waals surface area contributed by atoms with Crippen molar-refractivity contribution in [3.8, 4) is 0 Å². The van der Waals surface area contributed by atoms with Crippen LogP contribution in [0, 0.1) is 11.3 Å². The Labute approximate surface area is 98.1 Å². The van der Waals surface area contributed by atoms with Crippen LogP contribution in [-0.2, 0) is 9.59 Å². The van der Waals surface area contributed by atoms with E-state index in [1.165, 1.54) is 12.2 Å². The SMILES string of the molecule is O=C(O)C12C=CC3=CC=CC=C(C=C1)C3C2=O. The number of carboxylic acids is 1. The Kier molecular flexibility index (Phi) is 1.87. The summed E-state index contributed by atoms with van der Waals surface area (Å²) in [6.07, 6.45) is 13.9. The van der Waals surface area contributed by atoms with E-state index in [-0.39, 0.29) is 5.78 Å². The summed E-state index contributed by atoms with van der Waals surface area (Å²) >= 11 is 0. The Balaban J connectivity index is 2.29. The lowest BCUT2D eigenvalue weighted by Gasteiger charge is -2.35. The minimum atomic E-state index is -1.47. The molecule has 0 amide bonds. The van der Waals surface area contributed by atoms with Crippen LogP contribution in [0.4, 0.5) is 0 Å². The topological polar surface area (TPSA) is 54.4 Å². The van der Waals surface area contributed by atoms with Gasteiger partial charge in [0.15, 0.2) is 11.2 Å². The summed E-state index contributed by atoms with van der Waals surface area (Å²) in [7, 11) is 0. The van der Waals surface area contributed by atoms with Crippen molar-refractivity contribution in [2.24, 2.45) is 11.3 Å². The molecule has 0 aromatic heterocycles. The first-order valence-corrected chi connectivity index (χ1v) is 5.40. The second-order valence-corrected chi connectivity index (χ2v) is 4.36. The van der Waals surface area contributed by atoms with Crippen LogP contribution in [0.1, 0.15) is 0 Å². The van der Waals surface area contributed by atoms with Gasteiger partial charge in [0.05, 0.1) is 5.92 Å². The maximum Gasteiger partial charge on any atom is 0.325 e. The molecule has 1 N–H and O–H groups in total. The first-order chi connectivity index (χ1) is 8.15. The van der Waals surface area contributed by atoms with Crippen molar-refractivity contribution >= 4 is 11.8 Å². The molecular formula is C14H10O3. The van der Waals surface area contributed by atoms with Crippen molar-refractivity contribution in [2.75, 3.05) is 0 Å². The van der Waals surface area contributed by atoms with Crippen molar-refractivity contribution in [3.63, 3.8) is 0 Å². The van der Waals surface area contributed by atoms with Gasteiger partial charge in [-0.2, -0.15) is 0 Å². The second-order valence-electron chi connectivity index (χ2n) is 4.36. The van der Waals surface area contributed by atoms with Crippen LogP contribution in [0.25, 0.3) is 0 Å². The summed E-state index contributed by atoms with van der Waals surface area (Å²) in [5, 5.41) is 9.27. The van der Waals surface area contributed by atoms with Gasteiger partial charge in [-0.15, -0.1) is 0 Å². The van der Waals surface area contributed by atoms with Crippen LogP contribution in [0.3, 0.4) is 0 Å². The van der Waals surface area contributed by atoms with Gasteiger partial charge in [-0.05, 0) is 11.1 Å². The van der Waals surface area contributed by atoms with Gasteiger partial charge in [0.2, 0.25) is 0 Å². The van der Waals surface area contributed by atoms with Crippen molar-refractivity contribution in [2.45, 2.75) is 0 Å². The maximum atomic E-state index is 12.3. The lowest BCUT2D eigenvalue weighted by molar-refractivity contribution is -0.149. The first-order valence-electron chi connectivity index (χ1n) is 5.40. The highest BCUT2D eigenvalue weighted by atomic mass is 16.4. The smallest absolute Gasteiger partial charge is 0.325 e. The van der Waals surface area contributed by atoms with E-state index in [0.717, 1.165) is 11.1 Å². The average molecular weight is 226 g/mol. The molecule has 17 heavy (non-hydrogen) atoms. The van der Waals surface area contributed by atoms with Gasteiger partial charge < -0.3 is 5.11 Å². The summed E-state index contributed by atoms with van der Waals surface area (Å²) in [6, 6.07) is 0. The summed E-state index contributed by atoms with van der Waals surface area (Å²) in [5.74, 6) is -1.81. The number of carboxylic acid groups (broad SMARTS) is 1. The normalized spacial score (nSPS) is 32.9. The number of ketones is 1. The van der Waals surface area contributed by atoms with E-state index in [1.807, 2.05) is 24.3 Å². The standard InChI is InChI=1S/C14H10O3/c15-12-11-9-3-1-2-4-10(11)6-8-14(12,7-5-9)13(16)17/h1-8,11H,(H,16,17). The lowest BCUT2D eigenvalue weighted by Crippen LogP contribution is -2.45. The molecule has 0 aromatic rings. The molecule has 0 spiro atoms. The Morgan fingerprint density at radius 2 is 1.65 bits per heavy atom. The number of rotatable bonds is 1. The minimum absolute atomic E-state index is 0.267. The molecule has 3 aliphatic carbocycles. The summed E-state index contributed by atoms with van der Waals surface area (Å²) in [5.41, 5.74) is 0.247. The van der Waals surface area contributed by atoms with Crippen LogP contribution in [0.15, 0.2) is 59.8 Å². The fourth-order valence-corrected chi connectivity index (χ4v) is 2.49. The number of allylic oxidation sites excluding steroid dienone is 8. The molecule has 0 heterocycles. The quantitative estimate of drug-likeness (QED) is 0.694. The lowest BCUT2D eigenvalue weighted by atomic mass is 9.65. The van der Waals surface area contributed by atoms with E-state index in [4.69, 9.17) is 0 Å². The average Bonchev–Trinajstić information content (AvgIpc) is 2.51. The first kappa shape index (κ1) is 10.0. The zero-order valence-corrected chi connectivity index (χ0v) is 8.96. The van der Waals surface area contributed by atoms with E-state index in [0.29, 0.717) is 0 Å². The molecule has 0 atom stereocenters. The molecule has 84 valence electrons. The predicted molar refractivity (Wildman–Crippen MR) is 62.2 cm³/mol. The molecule has 3 nitrogen and oxygen atoms in total. The highest BCUT2D eigenvalue weighted by Gasteiger charge is 2.50. The molecule has 0 aromatic carbocycles.